The Morgan fingerprint density at radius 2 is 2.00 bits per heavy atom. The number of methoxy groups -OCH3 is 1. The van der Waals surface area contributed by atoms with Crippen molar-refractivity contribution in [1.82, 2.24) is 14.9 Å². The SMILES string of the molecule is COC[C@@H](CO)NC(=O)Cn1ccc(=O)nc1SCc1ccc(OC(C)=O)cc1. The Kier molecular flexibility index (Phi) is 8.84. The molecule has 9 nitrogen and oxygen atoms in total. The number of amides is 1. The maximum atomic E-state index is 12.2. The highest BCUT2D eigenvalue weighted by atomic mass is 32.2. The molecular weight excluding hydrogens is 398 g/mol. The van der Waals surface area contributed by atoms with Gasteiger partial charge in [0.25, 0.3) is 5.56 Å². The summed E-state index contributed by atoms with van der Waals surface area (Å²) in [5, 5.41) is 12.3. The van der Waals surface area contributed by atoms with Gasteiger partial charge in [-0.1, -0.05) is 23.9 Å². The third-order valence-corrected chi connectivity index (χ3v) is 4.73. The predicted octanol–water partition coefficient (Wildman–Crippen LogP) is 0.584. The first kappa shape index (κ1) is 22.6. The van der Waals surface area contributed by atoms with Gasteiger partial charge in [0.15, 0.2) is 5.16 Å². The molecule has 1 atom stereocenters. The quantitative estimate of drug-likeness (QED) is 0.248. The van der Waals surface area contributed by atoms with E-state index < -0.39 is 17.6 Å². The number of carbonyl (C=O) groups is 2. The van der Waals surface area contributed by atoms with Crippen molar-refractivity contribution >= 4 is 23.6 Å². The molecule has 0 aliphatic carbocycles. The van der Waals surface area contributed by atoms with Crippen LogP contribution in [0.25, 0.3) is 0 Å². The third kappa shape index (κ3) is 7.68. The fraction of sp³-hybridized carbons (Fsp3) is 0.368. The monoisotopic (exact) mass is 421 g/mol. The minimum Gasteiger partial charge on any atom is -0.427 e. The van der Waals surface area contributed by atoms with Gasteiger partial charge in [-0.2, -0.15) is 4.98 Å². The van der Waals surface area contributed by atoms with E-state index in [0.29, 0.717) is 16.7 Å². The number of ether oxygens (including phenoxy) is 2. The Labute approximate surface area is 172 Å². The summed E-state index contributed by atoms with van der Waals surface area (Å²) < 4.78 is 11.5. The van der Waals surface area contributed by atoms with Gasteiger partial charge in [-0.25, -0.2) is 0 Å². The molecule has 29 heavy (non-hydrogen) atoms. The van der Waals surface area contributed by atoms with E-state index in [1.165, 1.54) is 38.1 Å². The fourth-order valence-corrected chi connectivity index (χ4v) is 3.32. The van der Waals surface area contributed by atoms with Crippen molar-refractivity contribution in [2.45, 2.75) is 30.4 Å². The van der Waals surface area contributed by atoms with Crippen molar-refractivity contribution < 1.29 is 24.2 Å². The molecule has 0 spiro atoms. The highest BCUT2D eigenvalue weighted by Crippen LogP contribution is 2.22. The minimum atomic E-state index is -0.508. The largest absolute Gasteiger partial charge is 0.427 e. The Morgan fingerprint density at radius 1 is 1.28 bits per heavy atom. The zero-order chi connectivity index (χ0) is 21.2. The standard InChI is InChI=1S/C19H23N3O6S/c1-13(24)28-16-5-3-14(4-6-16)12-29-19-21-17(25)7-8-22(19)9-18(26)20-15(10-23)11-27-2/h3-8,15,23H,9-12H2,1-2H3,(H,20,26)/t15-/m1/s1. The van der Waals surface area contributed by atoms with E-state index in [9.17, 15) is 19.5 Å². The van der Waals surface area contributed by atoms with Gasteiger partial charge in [-0.3, -0.25) is 14.4 Å². The molecule has 2 rings (SSSR count). The summed E-state index contributed by atoms with van der Waals surface area (Å²) in [6, 6.07) is 7.75. The molecule has 0 radical (unpaired) electrons. The van der Waals surface area contributed by atoms with Crippen LogP contribution >= 0.6 is 11.8 Å². The van der Waals surface area contributed by atoms with Crippen LogP contribution in [0.1, 0.15) is 12.5 Å². The van der Waals surface area contributed by atoms with Gasteiger partial charge in [0.1, 0.15) is 12.3 Å². The lowest BCUT2D eigenvalue weighted by molar-refractivity contribution is -0.131. The van der Waals surface area contributed by atoms with Crippen LogP contribution < -0.4 is 15.6 Å². The van der Waals surface area contributed by atoms with Crippen LogP contribution in [-0.4, -0.2) is 52.9 Å². The van der Waals surface area contributed by atoms with Gasteiger partial charge in [-0.15, -0.1) is 0 Å². The van der Waals surface area contributed by atoms with Gasteiger partial charge in [-0.05, 0) is 17.7 Å². The molecule has 0 saturated heterocycles. The van der Waals surface area contributed by atoms with Crippen molar-refractivity contribution in [3.05, 3.63) is 52.4 Å². The second kappa shape index (κ2) is 11.3. The lowest BCUT2D eigenvalue weighted by atomic mass is 10.2. The number of thioether (sulfide) groups is 1. The van der Waals surface area contributed by atoms with E-state index >= 15 is 0 Å². The summed E-state index contributed by atoms with van der Waals surface area (Å²) in [4.78, 5) is 38.8. The summed E-state index contributed by atoms with van der Waals surface area (Å²) in [6.45, 7) is 1.22. The summed E-state index contributed by atoms with van der Waals surface area (Å²) >= 11 is 1.30. The van der Waals surface area contributed by atoms with E-state index in [1.807, 2.05) is 0 Å². The van der Waals surface area contributed by atoms with Gasteiger partial charge in [0.2, 0.25) is 5.91 Å². The summed E-state index contributed by atoms with van der Waals surface area (Å²) in [5.74, 6) is 0.226. The second-order valence-electron chi connectivity index (χ2n) is 6.10. The van der Waals surface area contributed by atoms with Gasteiger partial charge < -0.3 is 24.5 Å². The number of hydrogen-bond donors (Lipinski definition) is 2. The number of carbonyl (C=O) groups excluding carboxylic acids is 2. The summed E-state index contributed by atoms with van der Waals surface area (Å²) in [7, 11) is 1.48. The van der Waals surface area contributed by atoms with Crippen molar-refractivity contribution in [2.75, 3.05) is 20.3 Å². The maximum absolute atomic E-state index is 12.2. The van der Waals surface area contributed by atoms with Crippen LogP contribution in [0, 0.1) is 0 Å². The molecule has 0 saturated carbocycles. The minimum absolute atomic E-state index is 0.0543. The number of benzene rings is 1. The molecular formula is C19H23N3O6S. The smallest absolute Gasteiger partial charge is 0.308 e. The average Bonchev–Trinajstić information content (AvgIpc) is 2.68. The molecule has 1 amide bonds. The van der Waals surface area contributed by atoms with E-state index in [0.717, 1.165) is 5.56 Å². The third-order valence-electron chi connectivity index (χ3n) is 3.67. The van der Waals surface area contributed by atoms with E-state index in [1.54, 1.807) is 28.8 Å². The second-order valence-corrected chi connectivity index (χ2v) is 7.05. The number of hydrogen-bond acceptors (Lipinski definition) is 8. The zero-order valence-corrected chi connectivity index (χ0v) is 17.0. The Hall–Kier alpha value is -2.69. The first-order chi connectivity index (χ1) is 13.9. The van der Waals surface area contributed by atoms with Crippen LogP contribution in [0.4, 0.5) is 0 Å². The van der Waals surface area contributed by atoms with E-state index in [4.69, 9.17) is 9.47 Å². The van der Waals surface area contributed by atoms with Crippen molar-refractivity contribution in [2.24, 2.45) is 0 Å². The van der Waals surface area contributed by atoms with Crippen LogP contribution in [0.5, 0.6) is 5.75 Å². The number of aliphatic hydroxyl groups excluding tert-OH is 1. The fourth-order valence-electron chi connectivity index (χ4n) is 2.39. The molecule has 0 aliphatic heterocycles. The highest BCUT2D eigenvalue weighted by Gasteiger charge is 2.13. The lowest BCUT2D eigenvalue weighted by Crippen LogP contribution is -2.42. The Bertz CT molecular complexity index is 884. The number of aliphatic hydroxyl groups is 1. The number of esters is 1. The molecule has 0 aliphatic rings. The molecule has 156 valence electrons. The highest BCUT2D eigenvalue weighted by molar-refractivity contribution is 7.98. The molecule has 1 aromatic heterocycles. The van der Waals surface area contributed by atoms with Crippen LogP contribution in [0.3, 0.4) is 0 Å². The molecule has 0 unspecified atom stereocenters. The molecule has 0 fully saturated rings. The number of nitrogens with zero attached hydrogens (tertiary/aromatic N) is 2. The molecule has 10 heteroatoms. The number of rotatable bonds is 10. The number of nitrogens with one attached hydrogen (secondary N) is 1. The zero-order valence-electron chi connectivity index (χ0n) is 16.2. The molecule has 1 heterocycles. The first-order valence-electron chi connectivity index (χ1n) is 8.78. The molecule has 2 aromatic rings. The van der Waals surface area contributed by atoms with Gasteiger partial charge in [0, 0.05) is 32.0 Å². The maximum Gasteiger partial charge on any atom is 0.308 e. The van der Waals surface area contributed by atoms with Crippen LogP contribution in [-0.2, 0) is 26.6 Å². The summed E-state index contributed by atoms with van der Waals surface area (Å²) in [6.07, 6.45) is 1.51. The lowest BCUT2D eigenvalue weighted by Gasteiger charge is -2.17. The van der Waals surface area contributed by atoms with E-state index in [2.05, 4.69) is 10.3 Å². The predicted molar refractivity (Wildman–Crippen MR) is 107 cm³/mol. The molecule has 2 N–H and O–H groups in total. The Morgan fingerprint density at radius 3 is 2.62 bits per heavy atom. The average molecular weight is 421 g/mol. The molecule has 0 bridgehead atoms. The van der Waals surface area contributed by atoms with Crippen molar-refractivity contribution in [3.63, 3.8) is 0 Å². The topological polar surface area (TPSA) is 120 Å². The number of aromatic nitrogens is 2. The molecule has 1 aromatic carbocycles. The Balaban J connectivity index is 2.03. The normalized spacial score (nSPS) is 11.7. The van der Waals surface area contributed by atoms with Crippen LogP contribution in [0.15, 0.2) is 46.5 Å². The van der Waals surface area contributed by atoms with Crippen molar-refractivity contribution in [3.8, 4) is 5.75 Å². The van der Waals surface area contributed by atoms with Gasteiger partial charge in [0.05, 0.1) is 19.3 Å². The van der Waals surface area contributed by atoms with E-state index in [-0.39, 0.29) is 25.7 Å². The summed E-state index contributed by atoms with van der Waals surface area (Å²) in [5.41, 5.74) is 0.530. The van der Waals surface area contributed by atoms with Crippen molar-refractivity contribution in [1.29, 1.82) is 0 Å². The van der Waals surface area contributed by atoms with Crippen LogP contribution in [0.2, 0.25) is 0 Å². The van der Waals surface area contributed by atoms with Gasteiger partial charge >= 0.3 is 5.97 Å². The first-order valence-corrected chi connectivity index (χ1v) is 9.76.